The number of hydrogen-bond donors (Lipinski definition) is 2. The van der Waals surface area contributed by atoms with Crippen LogP contribution in [0.2, 0.25) is 5.02 Å². The molecule has 1 aromatic carbocycles. The summed E-state index contributed by atoms with van der Waals surface area (Å²) in [6.45, 7) is 8.04. The van der Waals surface area contributed by atoms with Gasteiger partial charge in [-0.25, -0.2) is 4.79 Å². The third-order valence-electron chi connectivity index (χ3n) is 3.03. The van der Waals surface area contributed by atoms with Gasteiger partial charge in [-0.1, -0.05) is 38.4 Å². The lowest BCUT2D eigenvalue weighted by Crippen LogP contribution is -2.44. The first kappa shape index (κ1) is 16.8. The number of rotatable bonds is 6. The second-order valence-electron chi connectivity index (χ2n) is 5.73. The van der Waals surface area contributed by atoms with Crippen molar-refractivity contribution in [2.45, 2.75) is 27.2 Å². The molecule has 112 valence electrons. The van der Waals surface area contributed by atoms with Crippen molar-refractivity contribution in [1.29, 1.82) is 0 Å². The van der Waals surface area contributed by atoms with Crippen molar-refractivity contribution in [2.24, 2.45) is 11.1 Å². The highest BCUT2D eigenvalue weighted by atomic mass is 35.5. The van der Waals surface area contributed by atoms with E-state index in [1.54, 1.807) is 17.0 Å². The van der Waals surface area contributed by atoms with E-state index < -0.39 is 0 Å². The Morgan fingerprint density at radius 3 is 2.70 bits per heavy atom. The van der Waals surface area contributed by atoms with Crippen LogP contribution in [0.5, 0.6) is 0 Å². The molecule has 5 heteroatoms. The van der Waals surface area contributed by atoms with E-state index in [0.717, 1.165) is 6.42 Å². The van der Waals surface area contributed by atoms with E-state index in [1.165, 1.54) is 0 Å². The molecular formula is C15H24ClN3O. The van der Waals surface area contributed by atoms with Crippen LogP contribution < -0.4 is 11.1 Å². The maximum absolute atomic E-state index is 12.3. The number of anilines is 1. The fraction of sp³-hybridized carbons (Fsp3) is 0.533. The van der Waals surface area contributed by atoms with Crippen LogP contribution in [-0.2, 0) is 0 Å². The summed E-state index contributed by atoms with van der Waals surface area (Å²) < 4.78 is 0. The van der Waals surface area contributed by atoms with E-state index in [4.69, 9.17) is 17.3 Å². The van der Waals surface area contributed by atoms with Crippen molar-refractivity contribution in [3.05, 3.63) is 29.3 Å². The predicted molar refractivity (Wildman–Crippen MR) is 85.2 cm³/mol. The lowest BCUT2D eigenvalue weighted by Gasteiger charge is -2.31. The van der Waals surface area contributed by atoms with Crippen molar-refractivity contribution in [2.75, 3.05) is 25.0 Å². The third kappa shape index (κ3) is 5.39. The van der Waals surface area contributed by atoms with Gasteiger partial charge in [0.1, 0.15) is 0 Å². The highest BCUT2D eigenvalue weighted by molar-refractivity contribution is 6.30. The molecule has 0 saturated heterocycles. The van der Waals surface area contributed by atoms with E-state index in [2.05, 4.69) is 26.1 Å². The molecule has 0 aliphatic heterocycles. The molecule has 1 aromatic rings. The van der Waals surface area contributed by atoms with Crippen molar-refractivity contribution < 1.29 is 4.79 Å². The fourth-order valence-corrected chi connectivity index (χ4v) is 2.06. The summed E-state index contributed by atoms with van der Waals surface area (Å²) in [5.41, 5.74) is 6.35. The Balaban J connectivity index is 2.74. The Hall–Kier alpha value is -1.26. The standard InChI is InChI=1S/C15H24ClN3O/c1-4-8-19(11-15(2,3)10-17)14(20)18-13-7-5-6-12(16)9-13/h5-7,9H,4,8,10-11,17H2,1-3H3,(H,18,20). The number of amides is 2. The first-order valence-corrected chi connectivity index (χ1v) is 7.27. The number of hydrogen-bond acceptors (Lipinski definition) is 2. The summed E-state index contributed by atoms with van der Waals surface area (Å²) in [5, 5.41) is 3.48. The Labute approximate surface area is 126 Å². The molecule has 0 fully saturated rings. The number of carbonyl (C=O) groups is 1. The average Bonchev–Trinajstić information content (AvgIpc) is 2.38. The van der Waals surface area contributed by atoms with Crippen molar-refractivity contribution >= 4 is 23.3 Å². The molecule has 3 N–H and O–H groups in total. The summed E-state index contributed by atoms with van der Waals surface area (Å²) in [6.07, 6.45) is 0.906. The molecule has 0 saturated carbocycles. The molecule has 0 aromatic heterocycles. The van der Waals surface area contributed by atoms with Gasteiger partial charge in [-0.3, -0.25) is 0 Å². The Morgan fingerprint density at radius 1 is 1.45 bits per heavy atom. The molecule has 0 unspecified atom stereocenters. The normalized spacial score (nSPS) is 11.2. The molecule has 0 atom stereocenters. The zero-order chi connectivity index (χ0) is 15.2. The van der Waals surface area contributed by atoms with Crippen molar-refractivity contribution in [3.63, 3.8) is 0 Å². The number of carbonyl (C=O) groups excluding carboxylic acids is 1. The van der Waals surface area contributed by atoms with Gasteiger partial charge in [-0.15, -0.1) is 0 Å². The molecule has 0 radical (unpaired) electrons. The summed E-state index contributed by atoms with van der Waals surface area (Å²) in [7, 11) is 0. The average molecular weight is 298 g/mol. The van der Waals surface area contributed by atoms with Gasteiger partial charge in [-0.2, -0.15) is 0 Å². The van der Waals surface area contributed by atoms with E-state index in [9.17, 15) is 4.79 Å². The van der Waals surface area contributed by atoms with Gasteiger partial charge in [0, 0.05) is 23.8 Å². The summed E-state index contributed by atoms with van der Waals surface area (Å²) in [6, 6.07) is 7.03. The molecule has 0 bridgehead atoms. The van der Waals surface area contributed by atoms with Gasteiger partial charge in [0.2, 0.25) is 0 Å². The maximum Gasteiger partial charge on any atom is 0.321 e. The van der Waals surface area contributed by atoms with Gasteiger partial charge in [0.15, 0.2) is 0 Å². The SMILES string of the molecule is CCCN(CC(C)(C)CN)C(=O)Nc1cccc(Cl)c1. The van der Waals surface area contributed by atoms with Crippen LogP contribution >= 0.6 is 11.6 Å². The number of benzene rings is 1. The van der Waals surface area contributed by atoms with E-state index in [-0.39, 0.29) is 11.4 Å². The fourth-order valence-electron chi connectivity index (χ4n) is 1.87. The molecule has 0 aliphatic carbocycles. The Kier molecular flexibility index (Phi) is 6.30. The molecule has 0 heterocycles. The van der Waals surface area contributed by atoms with E-state index in [1.807, 2.05) is 12.1 Å². The molecule has 20 heavy (non-hydrogen) atoms. The minimum absolute atomic E-state index is 0.0964. The molecule has 0 spiro atoms. The van der Waals surface area contributed by atoms with Crippen molar-refractivity contribution in [3.8, 4) is 0 Å². The quantitative estimate of drug-likeness (QED) is 0.843. The highest BCUT2D eigenvalue weighted by Crippen LogP contribution is 2.18. The zero-order valence-electron chi connectivity index (χ0n) is 12.4. The number of nitrogens with zero attached hydrogens (tertiary/aromatic N) is 1. The van der Waals surface area contributed by atoms with Crippen LogP contribution in [0.4, 0.5) is 10.5 Å². The molecular weight excluding hydrogens is 274 g/mol. The smallest absolute Gasteiger partial charge is 0.321 e. The van der Waals surface area contributed by atoms with Crippen molar-refractivity contribution in [1.82, 2.24) is 4.90 Å². The minimum Gasteiger partial charge on any atom is -0.330 e. The summed E-state index contributed by atoms with van der Waals surface area (Å²) >= 11 is 5.92. The molecule has 1 rings (SSSR count). The van der Waals surface area contributed by atoms with Gasteiger partial charge >= 0.3 is 6.03 Å². The zero-order valence-corrected chi connectivity index (χ0v) is 13.2. The second kappa shape index (κ2) is 7.50. The number of halogens is 1. The van der Waals surface area contributed by atoms with Crippen LogP contribution in [0.1, 0.15) is 27.2 Å². The van der Waals surface area contributed by atoms with Crippen LogP contribution in [-0.4, -0.2) is 30.6 Å². The minimum atomic E-state index is -0.115. The van der Waals surface area contributed by atoms with Crippen LogP contribution in [0.25, 0.3) is 0 Å². The number of urea groups is 1. The summed E-state index contributed by atoms with van der Waals surface area (Å²) in [5.74, 6) is 0. The van der Waals surface area contributed by atoms with Crippen LogP contribution in [0.15, 0.2) is 24.3 Å². The van der Waals surface area contributed by atoms with Crippen LogP contribution in [0, 0.1) is 5.41 Å². The lowest BCUT2D eigenvalue weighted by molar-refractivity contribution is 0.181. The Bertz CT molecular complexity index is 448. The maximum atomic E-state index is 12.3. The monoisotopic (exact) mass is 297 g/mol. The van der Waals surface area contributed by atoms with Gasteiger partial charge in [0.05, 0.1) is 0 Å². The molecule has 2 amide bonds. The molecule has 4 nitrogen and oxygen atoms in total. The largest absolute Gasteiger partial charge is 0.330 e. The van der Waals surface area contributed by atoms with E-state index in [0.29, 0.717) is 30.3 Å². The predicted octanol–water partition coefficient (Wildman–Crippen LogP) is 3.57. The lowest BCUT2D eigenvalue weighted by atomic mass is 9.93. The van der Waals surface area contributed by atoms with Gasteiger partial charge < -0.3 is 16.0 Å². The molecule has 0 aliphatic rings. The third-order valence-corrected chi connectivity index (χ3v) is 3.26. The Morgan fingerprint density at radius 2 is 2.15 bits per heavy atom. The number of nitrogens with two attached hydrogens (primary N) is 1. The first-order chi connectivity index (χ1) is 9.38. The second-order valence-corrected chi connectivity index (χ2v) is 6.17. The topological polar surface area (TPSA) is 58.4 Å². The number of nitrogens with one attached hydrogen (secondary N) is 1. The summed E-state index contributed by atoms with van der Waals surface area (Å²) in [4.78, 5) is 14.1. The first-order valence-electron chi connectivity index (χ1n) is 6.89. The van der Waals surface area contributed by atoms with Gasteiger partial charge in [0.25, 0.3) is 0 Å². The van der Waals surface area contributed by atoms with Crippen LogP contribution in [0.3, 0.4) is 0 Å². The van der Waals surface area contributed by atoms with Gasteiger partial charge in [-0.05, 0) is 36.6 Å². The highest BCUT2D eigenvalue weighted by Gasteiger charge is 2.23. The van der Waals surface area contributed by atoms with E-state index >= 15 is 0 Å².